The molecule has 44 heavy (non-hydrogen) atoms. The van der Waals surface area contributed by atoms with Crippen LogP contribution < -0.4 is 29.6 Å². The summed E-state index contributed by atoms with van der Waals surface area (Å²) in [4.78, 5) is 18.7. The predicted molar refractivity (Wildman–Crippen MR) is 184 cm³/mol. The molecule has 0 saturated heterocycles. The van der Waals surface area contributed by atoms with E-state index in [4.69, 9.17) is 42.6 Å². The Balaban J connectivity index is 1.59. The first kappa shape index (κ1) is 34.2. The summed E-state index contributed by atoms with van der Waals surface area (Å²) in [5.41, 5.74) is 5.56. The Morgan fingerprint density at radius 1 is 0.636 bits per heavy atom. The van der Waals surface area contributed by atoms with Crippen LogP contribution in [0.4, 0.5) is 0 Å². The average Bonchev–Trinajstić information content (AvgIpc) is 3.05. The van der Waals surface area contributed by atoms with Gasteiger partial charge in [0.1, 0.15) is 11.4 Å². The second-order valence-electron chi connectivity index (χ2n) is 9.31. The molecule has 0 fully saturated rings. The number of hydrogen-bond donors (Lipinski definition) is 4. The van der Waals surface area contributed by atoms with E-state index in [1.165, 1.54) is 0 Å². The van der Waals surface area contributed by atoms with E-state index >= 15 is 0 Å². The van der Waals surface area contributed by atoms with Crippen molar-refractivity contribution >= 4 is 47.1 Å². The van der Waals surface area contributed by atoms with Crippen molar-refractivity contribution < 1.29 is 9.47 Å². The minimum Gasteiger partial charge on any atom is -0.480 e. The zero-order valence-corrected chi connectivity index (χ0v) is 28.2. The van der Waals surface area contributed by atoms with E-state index in [0.29, 0.717) is 57.4 Å². The molecule has 234 valence electrons. The number of methoxy groups -OCH3 is 2. The van der Waals surface area contributed by atoms with Gasteiger partial charge in [0.05, 0.1) is 48.0 Å². The molecule has 0 aliphatic heterocycles. The molecule has 0 aliphatic carbocycles. The summed E-state index contributed by atoms with van der Waals surface area (Å²) < 4.78 is 17.5. The summed E-state index contributed by atoms with van der Waals surface area (Å²) in [6.07, 6.45) is 7.41. The first-order valence-corrected chi connectivity index (χ1v) is 17.0. The Morgan fingerprint density at radius 3 is 1.43 bits per heavy atom. The topological polar surface area (TPSA) is 118 Å². The maximum atomic E-state index is 7.02. The van der Waals surface area contributed by atoms with Crippen molar-refractivity contribution in [1.82, 2.24) is 40.0 Å². The van der Waals surface area contributed by atoms with E-state index in [-0.39, 0.29) is 0 Å². The number of benzene rings is 2. The van der Waals surface area contributed by atoms with Crippen molar-refractivity contribution in [3.05, 3.63) is 70.2 Å². The first-order valence-electron chi connectivity index (χ1n) is 13.8. The molecule has 0 saturated carbocycles. The first-order chi connectivity index (χ1) is 21.5. The van der Waals surface area contributed by atoms with Crippen molar-refractivity contribution in [3.8, 4) is 45.4 Å². The third-order valence-electron chi connectivity index (χ3n) is 6.53. The molecular formula is C30H36Cl2N8O2S2. The van der Waals surface area contributed by atoms with Crippen molar-refractivity contribution in [2.45, 2.75) is 13.1 Å². The van der Waals surface area contributed by atoms with E-state index < -0.39 is 0 Å². The molecule has 4 aromatic rings. The number of nitrogens with zero attached hydrogens (tertiary/aromatic N) is 4. The number of halogens is 2. The van der Waals surface area contributed by atoms with Crippen LogP contribution in [0.3, 0.4) is 0 Å². The van der Waals surface area contributed by atoms with Gasteiger partial charge < -0.3 is 20.1 Å². The lowest BCUT2D eigenvalue weighted by atomic mass is 9.98. The fourth-order valence-electron chi connectivity index (χ4n) is 4.40. The van der Waals surface area contributed by atoms with Crippen LogP contribution in [0.5, 0.6) is 11.8 Å². The minimum absolute atomic E-state index is 0.442. The molecule has 0 radical (unpaired) electrons. The van der Waals surface area contributed by atoms with E-state index in [1.54, 1.807) is 50.5 Å². The van der Waals surface area contributed by atoms with Gasteiger partial charge in [-0.3, -0.25) is 19.4 Å². The number of aromatic nitrogens is 4. The average molecular weight is 676 g/mol. The highest BCUT2D eigenvalue weighted by Crippen LogP contribution is 2.42. The molecule has 2 heterocycles. The lowest BCUT2D eigenvalue weighted by Gasteiger charge is -2.15. The van der Waals surface area contributed by atoms with Gasteiger partial charge in [-0.25, -0.2) is 9.97 Å². The maximum absolute atomic E-state index is 7.02. The van der Waals surface area contributed by atoms with Gasteiger partial charge in [0, 0.05) is 61.5 Å². The molecule has 2 aromatic carbocycles. The fourth-order valence-corrected chi connectivity index (χ4v) is 5.66. The number of ether oxygens (including phenoxy) is 2. The van der Waals surface area contributed by atoms with E-state index in [2.05, 4.69) is 30.0 Å². The van der Waals surface area contributed by atoms with Crippen LogP contribution in [0.1, 0.15) is 11.4 Å². The summed E-state index contributed by atoms with van der Waals surface area (Å²) >= 11 is 17.2. The quantitative estimate of drug-likeness (QED) is 0.0836. The lowest BCUT2D eigenvalue weighted by Crippen LogP contribution is -2.24. The highest BCUT2D eigenvalue weighted by atomic mass is 35.5. The molecule has 2 aromatic heterocycles. The molecule has 0 amide bonds. The molecule has 0 aliphatic rings. The highest BCUT2D eigenvalue weighted by Gasteiger charge is 2.19. The Bertz CT molecular complexity index is 1420. The zero-order chi connectivity index (χ0) is 31.3. The van der Waals surface area contributed by atoms with Crippen molar-refractivity contribution in [1.29, 1.82) is 0 Å². The van der Waals surface area contributed by atoms with Crippen LogP contribution in [-0.2, 0) is 13.1 Å². The van der Waals surface area contributed by atoms with Crippen LogP contribution in [0.25, 0.3) is 33.6 Å². The Labute approximate surface area is 277 Å². The van der Waals surface area contributed by atoms with Crippen LogP contribution >= 0.6 is 47.1 Å². The van der Waals surface area contributed by atoms with Gasteiger partial charge in [-0.2, -0.15) is 0 Å². The third-order valence-corrected chi connectivity index (χ3v) is 8.33. The van der Waals surface area contributed by atoms with E-state index in [9.17, 15) is 0 Å². The number of rotatable bonds is 17. The normalized spacial score (nSPS) is 11.1. The molecule has 0 unspecified atom stereocenters. The summed E-state index contributed by atoms with van der Waals surface area (Å²) in [6, 6.07) is 11.5. The maximum Gasteiger partial charge on any atom is 0.237 e. The molecule has 0 atom stereocenters. The van der Waals surface area contributed by atoms with Crippen molar-refractivity contribution in [2.24, 2.45) is 0 Å². The second-order valence-corrected chi connectivity index (χ2v) is 11.5. The second kappa shape index (κ2) is 17.7. The monoisotopic (exact) mass is 674 g/mol. The van der Waals surface area contributed by atoms with Gasteiger partial charge in [-0.15, -0.1) is 0 Å². The molecule has 4 N–H and O–H groups in total. The molecule has 10 nitrogen and oxygen atoms in total. The number of hydrogen-bond acceptors (Lipinski definition) is 12. The third kappa shape index (κ3) is 8.73. The van der Waals surface area contributed by atoms with Crippen LogP contribution in [0.15, 0.2) is 48.8 Å². The highest BCUT2D eigenvalue weighted by molar-refractivity contribution is 7.96. The van der Waals surface area contributed by atoms with Crippen molar-refractivity contribution in [2.75, 3.05) is 52.9 Å². The molecular weight excluding hydrogens is 639 g/mol. The van der Waals surface area contributed by atoms with Crippen LogP contribution in [0, 0.1) is 0 Å². The van der Waals surface area contributed by atoms with Gasteiger partial charge in [0.25, 0.3) is 0 Å². The lowest BCUT2D eigenvalue weighted by molar-refractivity contribution is 0.387. The standard InChI is InChI=1S/C30H36Cl2N8O2S2/c1-41-29-25(15-33-11-13-37-43-3)35-17-23(39-29)21-9-5-7-19(27(21)31)20-8-6-10-22(28(20)32)24-18-36-26(30(40-24)42-2)16-34-12-14-38-44-4/h5-10,17-18,33-34,37-38H,11-16H2,1-4H3. The smallest absolute Gasteiger partial charge is 0.237 e. The van der Waals surface area contributed by atoms with Crippen LogP contribution in [-0.4, -0.2) is 72.8 Å². The van der Waals surface area contributed by atoms with Gasteiger partial charge >= 0.3 is 0 Å². The number of nitrogens with one attached hydrogen (secondary N) is 4. The van der Waals surface area contributed by atoms with E-state index in [0.717, 1.165) is 48.7 Å². The predicted octanol–water partition coefficient (Wildman–Crippen LogP) is 5.51. The van der Waals surface area contributed by atoms with Gasteiger partial charge in [-0.05, 0) is 12.5 Å². The summed E-state index contributed by atoms with van der Waals surface area (Å²) in [6.45, 7) is 4.31. The van der Waals surface area contributed by atoms with Gasteiger partial charge in [0.2, 0.25) is 11.8 Å². The minimum atomic E-state index is 0.442. The zero-order valence-electron chi connectivity index (χ0n) is 25.0. The fraction of sp³-hybridized carbons (Fsp3) is 0.333. The Morgan fingerprint density at radius 2 is 1.05 bits per heavy atom. The summed E-state index contributed by atoms with van der Waals surface area (Å²) in [5.74, 6) is 0.884. The van der Waals surface area contributed by atoms with Crippen LogP contribution in [0.2, 0.25) is 10.0 Å². The summed E-state index contributed by atoms with van der Waals surface area (Å²) in [5, 5.41) is 7.68. The molecule has 0 bridgehead atoms. The molecule has 4 rings (SSSR count). The van der Waals surface area contributed by atoms with Crippen molar-refractivity contribution in [3.63, 3.8) is 0 Å². The SMILES string of the molecule is COc1nc(-c2cccc(-c3cccc(-c4cnc(CNCCNSC)c(OC)n4)c3Cl)c2Cl)cnc1CNCCNSC. The summed E-state index contributed by atoms with van der Waals surface area (Å²) in [7, 11) is 3.17. The van der Waals surface area contributed by atoms with E-state index in [1.807, 2.05) is 48.9 Å². The van der Waals surface area contributed by atoms with Gasteiger partial charge in [0.15, 0.2) is 0 Å². The molecule has 14 heteroatoms. The molecule has 0 spiro atoms. The Kier molecular flexibility index (Phi) is 13.8. The Hall–Kier alpha value is -2.68. The largest absolute Gasteiger partial charge is 0.480 e. The van der Waals surface area contributed by atoms with Gasteiger partial charge in [-0.1, -0.05) is 83.5 Å².